The number of carbonyl (C=O) groups excluding carboxylic acids is 2. The van der Waals surface area contributed by atoms with Crippen molar-refractivity contribution >= 4 is 35.8 Å². The molecule has 0 spiro atoms. The van der Waals surface area contributed by atoms with Crippen molar-refractivity contribution in [1.29, 1.82) is 0 Å². The van der Waals surface area contributed by atoms with Crippen LogP contribution in [0.1, 0.15) is 24.0 Å². The van der Waals surface area contributed by atoms with Gasteiger partial charge in [0.2, 0.25) is 5.91 Å². The van der Waals surface area contributed by atoms with E-state index in [9.17, 15) is 22.8 Å². The molecule has 32 heavy (non-hydrogen) atoms. The third kappa shape index (κ3) is 5.34. The van der Waals surface area contributed by atoms with Crippen LogP contribution in [-0.2, 0) is 22.3 Å². The molecule has 10 heteroatoms. The zero-order valence-corrected chi connectivity index (χ0v) is 17.9. The van der Waals surface area contributed by atoms with Gasteiger partial charge in [-0.15, -0.1) is 12.4 Å². The molecule has 0 aliphatic carbocycles. The highest BCUT2D eigenvalue weighted by Gasteiger charge is 2.34. The summed E-state index contributed by atoms with van der Waals surface area (Å²) in [5.74, 6) is -0.291. The van der Waals surface area contributed by atoms with Gasteiger partial charge in [0.05, 0.1) is 17.8 Å². The second-order valence-corrected chi connectivity index (χ2v) is 7.68. The van der Waals surface area contributed by atoms with Gasteiger partial charge in [0.25, 0.3) is 0 Å². The fourth-order valence-corrected chi connectivity index (χ4v) is 4.00. The Balaban J connectivity index is 0.00000289. The van der Waals surface area contributed by atoms with E-state index in [-0.39, 0.29) is 43.6 Å². The number of carbonyl (C=O) groups is 2. The molecular weight excluding hydrogens is 447 g/mol. The molecule has 0 aromatic heterocycles. The van der Waals surface area contributed by atoms with Gasteiger partial charge in [0.15, 0.2) is 0 Å². The SMILES string of the molecule is Cl.O=C(CN1CCC(N2C(=O)OCc3ccccc32)CC1)Nc1ccc(C(F)(F)F)cc1. The third-order valence-corrected chi connectivity index (χ3v) is 5.58. The number of amides is 2. The molecule has 0 bridgehead atoms. The van der Waals surface area contributed by atoms with E-state index in [1.54, 1.807) is 4.90 Å². The normalized spacial score (nSPS) is 17.2. The Morgan fingerprint density at radius 3 is 2.38 bits per heavy atom. The van der Waals surface area contributed by atoms with E-state index in [4.69, 9.17) is 4.74 Å². The quantitative estimate of drug-likeness (QED) is 0.706. The van der Waals surface area contributed by atoms with Crippen molar-refractivity contribution in [1.82, 2.24) is 4.90 Å². The highest BCUT2D eigenvalue weighted by Crippen LogP contribution is 2.32. The third-order valence-electron chi connectivity index (χ3n) is 5.58. The summed E-state index contributed by atoms with van der Waals surface area (Å²) in [5, 5.41) is 2.63. The van der Waals surface area contributed by atoms with Crippen LogP contribution in [0.25, 0.3) is 0 Å². The molecule has 0 atom stereocenters. The number of nitrogens with zero attached hydrogens (tertiary/aromatic N) is 2. The molecule has 2 aromatic rings. The van der Waals surface area contributed by atoms with E-state index in [1.165, 1.54) is 12.1 Å². The number of likely N-dealkylation sites (tertiary alicyclic amines) is 1. The van der Waals surface area contributed by atoms with Crippen molar-refractivity contribution in [3.63, 3.8) is 0 Å². The molecule has 1 saturated heterocycles. The van der Waals surface area contributed by atoms with Crippen LogP contribution in [0.4, 0.5) is 29.3 Å². The number of halogens is 4. The standard InChI is InChI=1S/C22H22F3N3O3.ClH/c23-22(24,25)16-5-7-17(8-6-16)26-20(29)13-27-11-9-18(10-12-27)28-19-4-2-1-3-15(19)14-31-21(28)30;/h1-8,18H,9-14H2,(H,26,29);1H. The molecule has 4 rings (SSSR count). The fourth-order valence-electron chi connectivity index (χ4n) is 4.00. The molecular formula is C22H23ClF3N3O3. The van der Waals surface area contributed by atoms with Gasteiger partial charge in [-0.2, -0.15) is 13.2 Å². The summed E-state index contributed by atoms with van der Waals surface area (Å²) in [6.45, 7) is 1.65. The maximum Gasteiger partial charge on any atom is 0.416 e. The lowest BCUT2D eigenvalue weighted by Crippen LogP contribution is -2.50. The number of piperidine rings is 1. The number of nitrogens with one attached hydrogen (secondary N) is 1. The Morgan fingerprint density at radius 2 is 1.72 bits per heavy atom. The number of ether oxygens (including phenoxy) is 1. The Bertz CT molecular complexity index is 961. The van der Waals surface area contributed by atoms with Crippen molar-refractivity contribution in [3.05, 3.63) is 59.7 Å². The van der Waals surface area contributed by atoms with Crippen molar-refractivity contribution in [2.24, 2.45) is 0 Å². The maximum atomic E-state index is 12.6. The summed E-state index contributed by atoms with van der Waals surface area (Å²) in [6.07, 6.45) is -3.38. The minimum absolute atomic E-state index is 0. The predicted molar refractivity (Wildman–Crippen MR) is 116 cm³/mol. The molecule has 2 aromatic carbocycles. The summed E-state index contributed by atoms with van der Waals surface area (Å²) in [5.41, 5.74) is 1.41. The predicted octanol–water partition coefficient (Wildman–Crippen LogP) is 4.69. The van der Waals surface area contributed by atoms with Crippen molar-refractivity contribution in [2.45, 2.75) is 31.7 Å². The number of rotatable bonds is 4. The van der Waals surface area contributed by atoms with Gasteiger partial charge in [0, 0.05) is 30.4 Å². The zero-order chi connectivity index (χ0) is 22.0. The van der Waals surface area contributed by atoms with Gasteiger partial charge < -0.3 is 10.1 Å². The van der Waals surface area contributed by atoms with Crippen molar-refractivity contribution < 1.29 is 27.5 Å². The lowest BCUT2D eigenvalue weighted by atomic mass is 10.0. The van der Waals surface area contributed by atoms with Gasteiger partial charge in [0.1, 0.15) is 6.61 Å². The smallest absolute Gasteiger partial charge is 0.416 e. The van der Waals surface area contributed by atoms with E-state index in [1.807, 2.05) is 29.2 Å². The Hall–Kier alpha value is -2.78. The topological polar surface area (TPSA) is 61.9 Å². The molecule has 2 heterocycles. The maximum absolute atomic E-state index is 12.6. The van der Waals surface area contributed by atoms with Crippen molar-refractivity contribution in [2.75, 3.05) is 29.9 Å². The molecule has 1 fully saturated rings. The van der Waals surface area contributed by atoms with Gasteiger partial charge >= 0.3 is 12.3 Å². The van der Waals surface area contributed by atoms with E-state index in [0.717, 1.165) is 23.4 Å². The van der Waals surface area contributed by atoms with Crippen molar-refractivity contribution in [3.8, 4) is 0 Å². The molecule has 1 N–H and O–H groups in total. The largest absolute Gasteiger partial charge is 0.444 e. The average Bonchev–Trinajstić information content (AvgIpc) is 2.74. The number of para-hydroxylation sites is 1. The molecule has 2 aliphatic rings. The molecule has 2 aliphatic heterocycles. The lowest BCUT2D eigenvalue weighted by Gasteiger charge is -2.40. The van der Waals surface area contributed by atoms with Crippen LogP contribution in [0, 0.1) is 0 Å². The van der Waals surface area contributed by atoms with Crippen LogP contribution in [0.3, 0.4) is 0 Å². The minimum atomic E-state index is -4.41. The first-order chi connectivity index (χ1) is 14.8. The van der Waals surface area contributed by atoms with Crippen LogP contribution >= 0.6 is 12.4 Å². The number of hydrogen-bond donors (Lipinski definition) is 1. The Labute approximate surface area is 189 Å². The van der Waals surface area contributed by atoms with E-state index in [0.29, 0.717) is 31.6 Å². The lowest BCUT2D eigenvalue weighted by molar-refractivity contribution is -0.137. The summed E-state index contributed by atoms with van der Waals surface area (Å²) >= 11 is 0. The number of alkyl halides is 3. The van der Waals surface area contributed by atoms with Crippen LogP contribution < -0.4 is 10.2 Å². The summed E-state index contributed by atoms with van der Waals surface area (Å²) in [7, 11) is 0. The summed E-state index contributed by atoms with van der Waals surface area (Å²) in [6, 6.07) is 12.0. The number of anilines is 2. The number of benzene rings is 2. The average molecular weight is 470 g/mol. The molecule has 0 radical (unpaired) electrons. The highest BCUT2D eigenvalue weighted by molar-refractivity contribution is 5.92. The monoisotopic (exact) mass is 469 g/mol. The van der Waals surface area contributed by atoms with Crippen LogP contribution in [-0.4, -0.2) is 42.6 Å². The summed E-state index contributed by atoms with van der Waals surface area (Å²) < 4.78 is 43.2. The number of fused-ring (bicyclic) bond motifs is 1. The molecule has 2 amide bonds. The van der Waals surface area contributed by atoms with Gasteiger partial charge in [-0.05, 0) is 43.2 Å². The van der Waals surface area contributed by atoms with Crippen LogP contribution in [0.15, 0.2) is 48.5 Å². The van der Waals surface area contributed by atoms with E-state index < -0.39 is 11.7 Å². The first kappa shape index (κ1) is 23.9. The second-order valence-electron chi connectivity index (χ2n) is 7.68. The van der Waals surface area contributed by atoms with Gasteiger partial charge in [-0.25, -0.2) is 4.79 Å². The number of hydrogen-bond acceptors (Lipinski definition) is 4. The first-order valence-corrected chi connectivity index (χ1v) is 10.0. The van der Waals surface area contributed by atoms with Gasteiger partial charge in [-0.3, -0.25) is 14.6 Å². The molecule has 6 nitrogen and oxygen atoms in total. The fraction of sp³-hybridized carbons (Fsp3) is 0.364. The zero-order valence-electron chi connectivity index (χ0n) is 17.1. The summed E-state index contributed by atoms with van der Waals surface area (Å²) in [4.78, 5) is 28.3. The first-order valence-electron chi connectivity index (χ1n) is 10.0. The van der Waals surface area contributed by atoms with E-state index >= 15 is 0 Å². The Kier molecular flexibility index (Phi) is 7.30. The van der Waals surface area contributed by atoms with E-state index in [2.05, 4.69) is 5.32 Å². The molecule has 0 saturated carbocycles. The number of cyclic esters (lactones) is 1. The van der Waals surface area contributed by atoms with Crippen LogP contribution in [0.2, 0.25) is 0 Å². The molecule has 172 valence electrons. The highest BCUT2D eigenvalue weighted by atomic mass is 35.5. The van der Waals surface area contributed by atoms with Crippen LogP contribution in [0.5, 0.6) is 0 Å². The van der Waals surface area contributed by atoms with Gasteiger partial charge in [-0.1, -0.05) is 18.2 Å². The minimum Gasteiger partial charge on any atom is -0.444 e. The second kappa shape index (κ2) is 9.79. The molecule has 0 unspecified atom stereocenters. The Morgan fingerprint density at radius 1 is 1.06 bits per heavy atom.